The second-order valence-electron chi connectivity index (χ2n) is 5.73. The highest BCUT2D eigenvalue weighted by Crippen LogP contribution is 2.22. The molecule has 0 aromatic rings. The van der Waals surface area contributed by atoms with Gasteiger partial charge < -0.3 is 4.90 Å². The molecule has 2 saturated heterocycles. The average molecular weight is 211 g/mol. The zero-order chi connectivity index (χ0) is 11.0. The molecule has 0 aliphatic carbocycles. The van der Waals surface area contributed by atoms with Gasteiger partial charge in [-0.3, -0.25) is 9.80 Å². The topological polar surface area (TPSA) is 9.72 Å². The molecule has 0 spiro atoms. The van der Waals surface area contributed by atoms with E-state index in [0.717, 1.165) is 18.0 Å². The molecule has 0 saturated carbocycles. The predicted octanol–water partition coefficient (Wildman–Crippen LogP) is 1.27. The largest absolute Gasteiger partial charge is 0.300 e. The molecular weight excluding hydrogens is 186 g/mol. The van der Waals surface area contributed by atoms with E-state index in [9.17, 15) is 0 Å². The van der Waals surface area contributed by atoms with Gasteiger partial charge in [-0.2, -0.15) is 0 Å². The van der Waals surface area contributed by atoms with Gasteiger partial charge in [0.2, 0.25) is 0 Å². The summed E-state index contributed by atoms with van der Waals surface area (Å²) in [5.74, 6) is 0.932. The first-order valence-corrected chi connectivity index (χ1v) is 6.26. The second-order valence-corrected chi connectivity index (χ2v) is 5.73. The number of likely N-dealkylation sites (tertiary alicyclic amines) is 1. The summed E-state index contributed by atoms with van der Waals surface area (Å²) in [6, 6.07) is 1.46. The minimum absolute atomic E-state index is 0.717. The molecule has 15 heavy (non-hydrogen) atoms. The summed E-state index contributed by atoms with van der Waals surface area (Å²) in [5.41, 5.74) is 0. The first-order valence-electron chi connectivity index (χ1n) is 6.26. The summed E-state index contributed by atoms with van der Waals surface area (Å²) >= 11 is 0. The third-order valence-corrected chi connectivity index (χ3v) is 3.73. The van der Waals surface area contributed by atoms with Crippen LogP contribution in [-0.4, -0.2) is 59.8 Å². The van der Waals surface area contributed by atoms with Crippen LogP contribution in [0.15, 0.2) is 0 Å². The Morgan fingerprint density at radius 1 is 0.933 bits per heavy atom. The zero-order valence-corrected chi connectivity index (χ0v) is 10.6. The lowest BCUT2D eigenvalue weighted by atomic mass is 9.97. The molecule has 0 atom stereocenters. The molecule has 0 aromatic carbocycles. The average Bonchev–Trinajstić information content (AvgIpc) is 1.95. The normalized spacial score (nSPS) is 26.0. The molecule has 3 heteroatoms. The van der Waals surface area contributed by atoms with Gasteiger partial charge in [-0.25, -0.2) is 0 Å². The summed E-state index contributed by atoms with van der Waals surface area (Å²) < 4.78 is 0. The van der Waals surface area contributed by atoms with E-state index in [1.165, 1.54) is 33.0 Å². The van der Waals surface area contributed by atoms with Crippen molar-refractivity contribution < 1.29 is 0 Å². The molecule has 0 amide bonds. The molecule has 0 unspecified atom stereocenters. The fraction of sp³-hybridized carbons (Fsp3) is 1.00. The Morgan fingerprint density at radius 2 is 1.47 bits per heavy atom. The third kappa shape index (κ3) is 2.52. The van der Waals surface area contributed by atoms with E-state index in [2.05, 4.69) is 42.4 Å². The molecule has 0 N–H and O–H groups in total. The van der Waals surface area contributed by atoms with Crippen molar-refractivity contribution in [1.29, 1.82) is 0 Å². The van der Waals surface area contributed by atoms with E-state index in [1.807, 2.05) is 0 Å². The highest BCUT2D eigenvalue weighted by molar-refractivity contribution is 4.86. The molecule has 3 nitrogen and oxygen atoms in total. The number of rotatable bonds is 4. The first kappa shape index (κ1) is 11.4. The highest BCUT2D eigenvalue weighted by Gasteiger charge is 2.33. The molecule has 2 aliphatic rings. The lowest BCUT2D eigenvalue weighted by Crippen LogP contribution is -2.62. The fourth-order valence-electron chi connectivity index (χ4n) is 2.43. The zero-order valence-electron chi connectivity index (χ0n) is 10.6. The van der Waals surface area contributed by atoms with E-state index in [-0.39, 0.29) is 0 Å². The number of hydrogen-bond donors (Lipinski definition) is 0. The Balaban J connectivity index is 1.58. The molecule has 2 rings (SSSR count). The maximum Gasteiger partial charge on any atom is 0.0532 e. The van der Waals surface area contributed by atoms with Gasteiger partial charge in [0.25, 0.3) is 0 Å². The van der Waals surface area contributed by atoms with Gasteiger partial charge >= 0.3 is 0 Å². The van der Waals surface area contributed by atoms with Crippen LogP contribution >= 0.6 is 0 Å². The number of nitrogens with zero attached hydrogens (tertiary/aromatic N) is 3. The van der Waals surface area contributed by atoms with E-state index in [0.29, 0.717) is 0 Å². The van der Waals surface area contributed by atoms with Crippen molar-refractivity contribution in [3.05, 3.63) is 0 Å². The summed E-state index contributed by atoms with van der Waals surface area (Å²) in [6.07, 6.45) is 0. The molecule has 0 radical (unpaired) electrons. The maximum absolute atomic E-state index is 2.57. The van der Waals surface area contributed by atoms with Gasteiger partial charge in [0.15, 0.2) is 0 Å². The molecule has 88 valence electrons. The maximum atomic E-state index is 2.57. The summed E-state index contributed by atoms with van der Waals surface area (Å²) in [5, 5.41) is 0. The second kappa shape index (κ2) is 4.40. The predicted molar refractivity (Wildman–Crippen MR) is 63.6 cm³/mol. The van der Waals surface area contributed by atoms with Crippen molar-refractivity contribution in [3.63, 3.8) is 0 Å². The molecule has 0 aromatic heterocycles. The first-order chi connectivity index (χ1) is 7.06. The molecule has 2 fully saturated rings. The molecule has 2 heterocycles. The minimum atomic E-state index is 0.717. The minimum Gasteiger partial charge on any atom is -0.300 e. The van der Waals surface area contributed by atoms with Gasteiger partial charge in [0, 0.05) is 31.7 Å². The Morgan fingerprint density at radius 3 is 1.93 bits per heavy atom. The summed E-state index contributed by atoms with van der Waals surface area (Å²) in [4.78, 5) is 7.64. The Labute approximate surface area is 94.0 Å². The van der Waals surface area contributed by atoms with Gasteiger partial charge in [-0.05, 0) is 33.6 Å². The van der Waals surface area contributed by atoms with Gasteiger partial charge in [-0.15, -0.1) is 0 Å². The fourth-order valence-corrected chi connectivity index (χ4v) is 2.43. The summed E-state index contributed by atoms with van der Waals surface area (Å²) in [7, 11) is 0. The van der Waals surface area contributed by atoms with Crippen LogP contribution in [-0.2, 0) is 0 Å². The van der Waals surface area contributed by atoms with Crippen molar-refractivity contribution in [2.24, 2.45) is 5.92 Å². The van der Waals surface area contributed by atoms with Crippen molar-refractivity contribution >= 4 is 0 Å². The van der Waals surface area contributed by atoms with Crippen LogP contribution in [0.4, 0.5) is 0 Å². The Hall–Kier alpha value is -0.120. The summed E-state index contributed by atoms with van der Waals surface area (Å²) in [6.45, 7) is 15.5. The van der Waals surface area contributed by atoms with Crippen LogP contribution in [0.5, 0.6) is 0 Å². The Bertz CT molecular complexity index is 181. The molecule has 2 aliphatic heterocycles. The lowest BCUT2D eigenvalue weighted by molar-refractivity contribution is -0.0771. The Kier molecular flexibility index (Phi) is 3.33. The van der Waals surface area contributed by atoms with Gasteiger partial charge in [0.1, 0.15) is 0 Å². The van der Waals surface area contributed by atoms with Crippen LogP contribution in [0.1, 0.15) is 27.7 Å². The third-order valence-electron chi connectivity index (χ3n) is 3.73. The van der Waals surface area contributed by atoms with Gasteiger partial charge in [0.05, 0.1) is 13.3 Å². The van der Waals surface area contributed by atoms with Crippen LogP contribution in [0, 0.1) is 5.92 Å². The smallest absolute Gasteiger partial charge is 0.0532 e. The lowest BCUT2D eigenvalue weighted by Gasteiger charge is -2.50. The van der Waals surface area contributed by atoms with E-state index in [4.69, 9.17) is 0 Å². The SMILES string of the molecule is CC(C)N1CC(CN2CN(C(C)C)C2)C1. The highest BCUT2D eigenvalue weighted by atomic mass is 15.5. The van der Waals surface area contributed by atoms with Crippen LogP contribution in [0.25, 0.3) is 0 Å². The molecular formula is C12H25N3. The van der Waals surface area contributed by atoms with Crippen LogP contribution in [0.2, 0.25) is 0 Å². The van der Waals surface area contributed by atoms with Crippen molar-refractivity contribution in [1.82, 2.24) is 14.7 Å². The van der Waals surface area contributed by atoms with Crippen molar-refractivity contribution in [3.8, 4) is 0 Å². The molecule has 0 bridgehead atoms. The van der Waals surface area contributed by atoms with Crippen LogP contribution < -0.4 is 0 Å². The van der Waals surface area contributed by atoms with Crippen molar-refractivity contribution in [2.75, 3.05) is 33.0 Å². The monoisotopic (exact) mass is 211 g/mol. The van der Waals surface area contributed by atoms with E-state index in [1.54, 1.807) is 0 Å². The van der Waals surface area contributed by atoms with E-state index >= 15 is 0 Å². The van der Waals surface area contributed by atoms with Crippen LogP contribution in [0.3, 0.4) is 0 Å². The van der Waals surface area contributed by atoms with Gasteiger partial charge in [-0.1, -0.05) is 0 Å². The standard InChI is InChI=1S/C12H25N3/c1-10(2)14-6-12(7-14)5-13-8-15(9-13)11(3)4/h10-12H,5-9H2,1-4H3. The quantitative estimate of drug-likeness (QED) is 0.693. The van der Waals surface area contributed by atoms with Crippen molar-refractivity contribution in [2.45, 2.75) is 39.8 Å². The number of hydrogen-bond acceptors (Lipinski definition) is 3. The van der Waals surface area contributed by atoms with E-state index < -0.39 is 0 Å².